The molecule has 98 valence electrons. The number of nitrogens with zero attached hydrogens (tertiary/aromatic N) is 2. The molecule has 0 bridgehead atoms. The molecule has 1 N–H and O–H groups in total. The Labute approximate surface area is 116 Å². The molecular weight excluding hydrogens is 316 g/mol. The summed E-state index contributed by atoms with van der Waals surface area (Å²) in [5, 5.41) is 19.6. The van der Waals surface area contributed by atoms with Crippen LogP contribution >= 0.6 is 15.9 Å². The van der Waals surface area contributed by atoms with Gasteiger partial charge in [-0.2, -0.15) is 0 Å². The van der Waals surface area contributed by atoms with Gasteiger partial charge in [0.2, 0.25) is 0 Å². The lowest BCUT2D eigenvalue weighted by molar-refractivity contribution is -0.384. The average molecular weight is 325 g/mol. The molecule has 2 aromatic rings. The number of carbonyl (C=O) groups is 1. The van der Waals surface area contributed by atoms with Gasteiger partial charge < -0.3 is 9.67 Å². The zero-order chi connectivity index (χ0) is 14.0. The van der Waals surface area contributed by atoms with Gasteiger partial charge in [-0.1, -0.05) is 15.9 Å². The van der Waals surface area contributed by atoms with Crippen molar-refractivity contribution in [2.45, 2.75) is 6.54 Å². The smallest absolute Gasteiger partial charge is 0.352 e. The highest BCUT2D eigenvalue weighted by molar-refractivity contribution is 9.10. The summed E-state index contributed by atoms with van der Waals surface area (Å²) < 4.78 is 2.14. The van der Waals surface area contributed by atoms with Crippen molar-refractivity contribution >= 4 is 27.6 Å². The summed E-state index contributed by atoms with van der Waals surface area (Å²) in [5.41, 5.74) is 0.927. The van der Waals surface area contributed by atoms with Gasteiger partial charge in [-0.3, -0.25) is 10.1 Å². The Hall–Kier alpha value is -2.15. The van der Waals surface area contributed by atoms with Crippen molar-refractivity contribution in [1.29, 1.82) is 0 Å². The Kier molecular flexibility index (Phi) is 3.66. The number of nitro benzene ring substituents is 1. The summed E-state index contributed by atoms with van der Waals surface area (Å²) in [6, 6.07) is 7.54. The van der Waals surface area contributed by atoms with Crippen LogP contribution in [0.3, 0.4) is 0 Å². The van der Waals surface area contributed by atoms with Crippen LogP contribution < -0.4 is 0 Å². The van der Waals surface area contributed by atoms with E-state index in [2.05, 4.69) is 15.9 Å². The van der Waals surface area contributed by atoms with Gasteiger partial charge in [-0.25, -0.2) is 4.79 Å². The third-order valence-corrected chi connectivity index (χ3v) is 3.38. The molecule has 1 aromatic carbocycles. The van der Waals surface area contributed by atoms with E-state index >= 15 is 0 Å². The summed E-state index contributed by atoms with van der Waals surface area (Å²) >= 11 is 3.26. The third-order valence-electron chi connectivity index (χ3n) is 2.64. The fourth-order valence-corrected chi connectivity index (χ4v) is 2.20. The van der Waals surface area contributed by atoms with Crippen molar-refractivity contribution in [2.24, 2.45) is 0 Å². The predicted octanol–water partition coefficient (Wildman–Crippen LogP) is 2.91. The van der Waals surface area contributed by atoms with Gasteiger partial charge in [0.05, 0.1) is 4.92 Å². The molecule has 0 saturated carbocycles. The molecule has 0 aliphatic heterocycles. The van der Waals surface area contributed by atoms with E-state index in [1.165, 1.54) is 18.2 Å². The first-order valence-corrected chi connectivity index (χ1v) is 6.09. The van der Waals surface area contributed by atoms with Crippen LogP contribution in [0.25, 0.3) is 0 Å². The van der Waals surface area contributed by atoms with E-state index in [1.807, 2.05) is 0 Å². The number of non-ortho nitro benzene ring substituents is 1. The van der Waals surface area contributed by atoms with Crippen LogP contribution in [0.4, 0.5) is 5.69 Å². The maximum absolute atomic E-state index is 11.0. The molecule has 0 fully saturated rings. The highest BCUT2D eigenvalue weighted by Crippen LogP contribution is 2.24. The first kappa shape index (κ1) is 13.3. The number of aromatic carboxylic acids is 1. The van der Waals surface area contributed by atoms with Crippen molar-refractivity contribution in [3.05, 3.63) is 62.4 Å². The number of halogens is 1. The maximum atomic E-state index is 11.0. The number of nitro groups is 1. The van der Waals surface area contributed by atoms with Crippen molar-refractivity contribution in [3.63, 3.8) is 0 Å². The lowest BCUT2D eigenvalue weighted by atomic mass is 10.2. The maximum Gasteiger partial charge on any atom is 0.352 e. The first-order valence-electron chi connectivity index (χ1n) is 5.30. The quantitative estimate of drug-likeness (QED) is 0.692. The van der Waals surface area contributed by atoms with Crippen LogP contribution in [-0.2, 0) is 6.54 Å². The molecule has 19 heavy (non-hydrogen) atoms. The average Bonchev–Trinajstić information content (AvgIpc) is 2.79. The monoisotopic (exact) mass is 324 g/mol. The van der Waals surface area contributed by atoms with Gasteiger partial charge in [0.1, 0.15) is 5.69 Å². The van der Waals surface area contributed by atoms with Crippen LogP contribution in [0.5, 0.6) is 0 Å². The van der Waals surface area contributed by atoms with E-state index in [1.54, 1.807) is 22.9 Å². The summed E-state index contributed by atoms with van der Waals surface area (Å²) in [6.07, 6.45) is 1.65. The van der Waals surface area contributed by atoms with E-state index in [4.69, 9.17) is 5.11 Å². The minimum Gasteiger partial charge on any atom is -0.477 e. The summed E-state index contributed by atoms with van der Waals surface area (Å²) in [6.45, 7) is 0.327. The Morgan fingerprint density at radius 2 is 2.16 bits per heavy atom. The topological polar surface area (TPSA) is 85.4 Å². The molecule has 0 unspecified atom stereocenters. The van der Waals surface area contributed by atoms with E-state index in [0.717, 1.165) is 5.56 Å². The van der Waals surface area contributed by atoms with Crippen molar-refractivity contribution in [1.82, 2.24) is 4.57 Å². The van der Waals surface area contributed by atoms with Crippen LogP contribution in [0.2, 0.25) is 0 Å². The number of aromatic nitrogens is 1. The number of carboxylic acid groups (broad SMARTS) is 1. The fraction of sp³-hybridized carbons (Fsp3) is 0.0833. The summed E-state index contributed by atoms with van der Waals surface area (Å²) in [4.78, 5) is 21.1. The molecule has 2 rings (SSSR count). The van der Waals surface area contributed by atoms with Gasteiger partial charge >= 0.3 is 5.97 Å². The molecule has 7 heteroatoms. The van der Waals surface area contributed by atoms with E-state index in [-0.39, 0.29) is 11.4 Å². The van der Waals surface area contributed by atoms with Crippen LogP contribution in [0.15, 0.2) is 41.0 Å². The molecule has 6 nitrogen and oxygen atoms in total. The largest absolute Gasteiger partial charge is 0.477 e. The first-order chi connectivity index (χ1) is 8.99. The van der Waals surface area contributed by atoms with Gasteiger partial charge in [0.15, 0.2) is 0 Å². The fourth-order valence-electron chi connectivity index (χ4n) is 1.71. The molecule has 0 radical (unpaired) electrons. The zero-order valence-corrected chi connectivity index (χ0v) is 11.2. The van der Waals surface area contributed by atoms with Crippen LogP contribution in [-0.4, -0.2) is 20.6 Å². The molecule has 0 aliphatic carbocycles. The van der Waals surface area contributed by atoms with E-state index < -0.39 is 10.9 Å². The molecule has 0 aliphatic rings. The van der Waals surface area contributed by atoms with Gasteiger partial charge in [0.25, 0.3) is 5.69 Å². The second kappa shape index (κ2) is 5.23. The van der Waals surface area contributed by atoms with Crippen molar-refractivity contribution in [3.8, 4) is 0 Å². The van der Waals surface area contributed by atoms with Crippen molar-refractivity contribution < 1.29 is 14.8 Å². The number of hydrogen-bond acceptors (Lipinski definition) is 3. The Balaban J connectivity index is 2.31. The normalized spacial score (nSPS) is 10.4. The minimum absolute atomic E-state index is 0.0124. The second-order valence-electron chi connectivity index (χ2n) is 3.86. The predicted molar refractivity (Wildman–Crippen MR) is 71.3 cm³/mol. The molecule has 1 heterocycles. The zero-order valence-electron chi connectivity index (χ0n) is 9.62. The number of benzene rings is 1. The molecule has 0 atom stereocenters. The molecule has 1 aromatic heterocycles. The van der Waals surface area contributed by atoms with E-state index in [0.29, 0.717) is 11.0 Å². The van der Waals surface area contributed by atoms with Crippen molar-refractivity contribution in [2.75, 3.05) is 0 Å². The Morgan fingerprint density at radius 3 is 2.74 bits per heavy atom. The highest BCUT2D eigenvalue weighted by atomic mass is 79.9. The minimum atomic E-state index is -1.01. The number of carboxylic acids is 1. The summed E-state index contributed by atoms with van der Waals surface area (Å²) in [7, 11) is 0. The highest BCUT2D eigenvalue weighted by Gasteiger charge is 2.12. The van der Waals surface area contributed by atoms with Crippen LogP contribution in [0, 0.1) is 10.1 Å². The number of hydrogen-bond donors (Lipinski definition) is 1. The second-order valence-corrected chi connectivity index (χ2v) is 4.71. The Bertz CT molecular complexity index is 651. The molecular formula is C12H9BrN2O4. The SMILES string of the molecule is O=C(O)c1cccn1Cc1ccc([N+](=O)[O-])cc1Br. The van der Waals surface area contributed by atoms with Gasteiger partial charge in [-0.15, -0.1) is 0 Å². The van der Waals surface area contributed by atoms with E-state index in [9.17, 15) is 14.9 Å². The summed E-state index contributed by atoms with van der Waals surface area (Å²) in [5.74, 6) is -1.01. The lowest BCUT2D eigenvalue weighted by Gasteiger charge is -2.08. The Morgan fingerprint density at radius 1 is 1.42 bits per heavy atom. The van der Waals surface area contributed by atoms with Crippen LogP contribution in [0.1, 0.15) is 16.1 Å². The third kappa shape index (κ3) is 2.82. The molecule has 0 saturated heterocycles. The van der Waals surface area contributed by atoms with Gasteiger partial charge in [-0.05, 0) is 23.8 Å². The standard InChI is InChI=1S/C12H9BrN2O4/c13-10-6-9(15(18)19)4-3-8(10)7-14-5-1-2-11(14)12(16)17/h1-6H,7H2,(H,16,17). The lowest BCUT2D eigenvalue weighted by Crippen LogP contribution is -2.08. The number of rotatable bonds is 4. The molecule has 0 spiro atoms. The molecule has 0 amide bonds. The van der Waals surface area contributed by atoms with Gasteiger partial charge in [0, 0.05) is 29.3 Å².